The molecule has 0 fully saturated rings. The number of hydrogen-bond acceptors (Lipinski definition) is 4. The van der Waals surface area contributed by atoms with Gasteiger partial charge in [-0.25, -0.2) is 0 Å². The standard InChI is InChI=1S/C14H18N4O3/c1-3-6-14(2,15)13(21)16-8-4-5-9-10(7-8)18-12(20)11(19)17-9/h4-5,7H,3,6,15H2,1-2H3,(H,16,21)(H,17,19)(H,18,20). The predicted octanol–water partition coefficient (Wildman–Crippen LogP) is 0.672. The van der Waals surface area contributed by atoms with Crippen LogP contribution in [0.4, 0.5) is 5.69 Å². The van der Waals surface area contributed by atoms with Crippen molar-refractivity contribution in [3.05, 3.63) is 38.9 Å². The van der Waals surface area contributed by atoms with Gasteiger partial charge in [0.2, 0.25) is 5.91 Å². The van der Waals surface area contributed by atoms with Crippen molar-refractivity contribution in [3.8, 4) is 0 Å². The molecule has 7 heteroatoms. The van der Waals surface area contributed by atoms with Crippen molar-refractivity contribution in [1.29, 1.82) is 0 Å². The summed E-state index contributed by atoms with van der Waals surface area (Å²) >= 11 is 0. The molecule has 21 heavy (non-hydrogen) atoms. The monoisotopic (exact) mass is 290 g/mol. The van der Waals surface area contributed by atoms with E-state index in [1.54, 1.807) is 25.1 Å². The number of nitrogens with one attached hydrogen (secondary N) is 3. The smallest absolute Gasteiger partial charge is 0.314 e. The zero-order valence-corrected chi connectivity index (χ0v) is 11.9. The van der Waals surface area contributed by atoms with E-state index in [0.29, 0.717) is 23.1 Å². The number of fused-ring (bicyclic) bond motifs is 1. The van der Waals surface area contributed by atoms with Crippen molar-refractivity contribution in [2.24, 2.45) is 5.73 Å². The summed E-state index contributed by atoms with van der Waals surface area (Å²) in [5.74, 6) is -0.296. The number of rotatable bonds is 4. The maximum Gasteiger partial charge on any atom is 0.314 e. The largest absolute Gasteiger partial charge is 0.324 e. The van der Waals surface area contributed by atoms with E-state index in [0.717, 1.165) is 6.42 Å². The minimum atomic E-state index is -0.956. The highest BCUT2D eigenvalue weighted by Crippen LogP contribution is 2.17. The summed E-state index contributed by atoms with van der Waals surface area (Å²) in [7, 11) is 0. The van der Waals surface area contributed by atoms with Crippen molar-refractivity contribution in [1.82, 2.24) is 9.97 Å². The van der Waals surface area contributed by atoms with Gasteiger partial charge in [0.15, 0.2) is 0 Å². The fraction of sp³-hybridized carbons (Fsp3) is 0.357. The highest BCUT2D eigenvalue weighted by molar-refractivity contribution is 5.98. The van der Waals surface area contributed by atoms with Gasteiger partial charge in [0, 0.05) is 5.69 Å². The molecule has 0 saturated carbocycles. The van der Waals surface area contributed by atoms with Gasteiger partial charge in [-0.2, -0.15) is 0 Å². The van der Waals surface area contributed by atoms with Crippen molar-refractivity contribution in [3.63, 3.8) is 0 Å². The average Bonchev–Trinajstić information content (AvgIpc) is 2.40. The van der Waals surface area contributed by atoms with E-state index in [1.165, 1.54) is 0 Å². The summed E-state index contributed by atoms with van der Waals surface area (Å²) in [6.07, 6.45) is 1.36. The van der Waals surface area contributed by atoms with Crippen LogP contribution in [0.2, 0.25) is 0 Å². The van der Waals surface area contributed by atoms with Crippen molar-refractivity contribution >= 4 is 22.6 Å². The third-order valence-electron chi connectivity index (χ3n) is 3.27. The van der Waals surface area contributed by atoms with E-state index in [1.807, 2.05) is 6.92 Å². The Balaban J connectivity index is 2.32. The summed E-state index contributed by atoms with van der Waals surface area (Å²) in [5, 5.41) is 2.72. The van der Waals surface area contributed by atoms with Crippen LogP contribution in [0.5, 0.6) is 0 Å². The molecule has 0 saturated heterocycles. The number of benzene rings is 1. The van der Waals surface area contributed by atoms with Gasteiger partial charge < -0.3 is 21.0 Å². The van der Waals surface area contributed by atoms with Gasteiger partial charge >= 0.3 is 11.1 Å². The molecule has 7 nitrogen and oxygen atoms in total. The van der Waals surface area contributed by atoms with Crippen LogP contribution in [0.3, 0.4) is 0 Å². The number of aromatic nitrogens is 2. The molecule has 0 aliphatic heterocycles. The van der Waals surface area contributed by atoms with Crippen LogP contribution in [-0.2, 0) is 4.79 Å². The van der Waals surface area contributed by atoms with Crippen LogP contribution in [0.15, 0.2) is 27.8 Å². The van der Waals surface area contributed by atoms with E-state index in [4.69, 9.17) is 5.73 Å². The normalized spacial score (nSPS) is 13.9. The number of H-pyrrole nitrogens is 2. The number of aromatic amines is 2. The Labute approximate surface area is 120 Å². The Morgan fingerprint density at radius 3 is 2.48 bits per heavy atom. The zero-order valence-electron chi connectivity index (χ0n) is 11.9. The maximum absolute atomic E-state index is 12.1. The Morgan fingerprint density at radius 1 is 1.24 bits per heavy atom. The second-order valence-corrected chi connectivity index (χ2v) is 5.29. The Kier molecular flexibility index (Phi) is 3.95. The molecule has 1 aromatic carbocycles. The molecule has 0 spiro atoms. The minimum absolute atomic E-state index is 0.296. The van der Waals surface area contributed by atoms with Gasteiger partial charge in [0.25, 0.3) is 0 Å². The lowest BCUT2D eigenvalue weighted by molar-refractivity contribution is -0.120. The van der Waals surface area contributed by atoms with E-state index in [9.17, 15) is 14.4 Å². The second kappa shape index (κ2) is 5.53. The number of anilines is 1. The lowest BCUT2D eigenvalue weighted by Crippen LogP contribution is -2.48. The minimum Gasteiger partial charge on any atom is -0.324 e. The predicted molar refractivity (Wildman–Crippen MR) is 81.3 cm³/mol. The van der Waals surface area contributed by atoms with E-state index < -0.39 is 16.7 Å². The Morgan fingerprint density at radius 2 is 1.86 bits per heavy atom. The van der Waals surface area contributed by atoms with Gasteiger partial charge in [-0.1, -0.05) is 13.3 Å². The molecule has 1 aromatic heterocycles. The highest BCUT2D eigenvalue weighted by Gasteiger charge is 2.27. The van der Waals surface area contributed by atoms with E-state index in [2.05, 4.69) is 15.3 Å². The molecule has 1 unspecified atom stereocenters. The molecular weight excluding hydrogens is 272 g/mol. The Hall–Kier alpha value is -2.41. The van der Waals surface area contributed by atoms with Crippen LogP contribution < -0.4 is 22.2 Å². The first-order valence-corrected chi connectivity index (χ1v) is 6.70. The molecule has 0 aliphatic rings. The van der Waals surface area contributed by atoms with E-state index in [-0.39, 0.29) is 5.91 Å². The average molecular weight is 290 g/mol. The van der Waals surface area contributed by atoms with Crippen LogP contribution >= 0.6 is 0 Å². The maximum atomic E-state index is 12.1. The molecule has 1 atom stereocenters. The summed E-state index contributed by atoms with van der Waals surface area (Å²) in [6, 6.07) is 4.82. The molecule has 0 aliphatic carbocycles. The third kappa shape index (κ3) is 3.19. The van der Waals surface area contributed by atoms with Crippen LogP contribution in [0, 0.1) is 0 Å². The van der Waals surface area contributed by atoms with Crippen molar-refractivity contribution in [2.75, 3.05) is 5.32 Å². The molecule has 0 radical (unpaired) electrons. The molecule has 112 valence electrons. The number of carbonyl (C=O) groups excluding carboxylic acids is 1. The van der Waals surface area contributed by atoms with Gasteiger partial charge in [0.1, 0.15) is 0 Å². The van der Waals surface area contributed by atoms with Gasteiger partial charge in [-0.3, -0.25) is 14.4 Å². The van der Waals surface area contributed by atoms with Crippen LogP contribution in [0.1, 0.15) is 26.7 Å². The molecule has 5 N–H and O–H groups in total. The molecule has 2 aromatic rings. The first-order chi connectivity index (χ1) is 9.83. The van der Waals surface area contributed by atoms with Crippen molar-refractivity contribution in [2.45, 2.75) is 32.2 Å². The van der Waals surface area contributed by atoms with Crippen LogP contribution in [-0.4, -0.2) is 21.4 Å². The van der Waals surface area contributed by atoms with Gasteiger partial charge in [-0.05, 0) is 31.5 Å². The molecule has 1 amide bonds. The molecule has 2 rings (SSSR count). The summed E-state index contributed by atoms with van der Waals surface area (Å²) < 4.78 is 0. The van der Waals surface area contributed by atoms with Gasteiger partial charge in [0.05, 0.1) is 16.6 Å². The number of amides is 1. The topological polar surface area (TPSA) is 121 Å². The third-order valence-corrected chi connectivity index (χ3v) is 3.27. The number of carbonyl (C=O) groups is 1. The fourth-order valence-electron chi connectivity index (χ4n) is 2.10. The summed E-state index contributed by atoms with van der Waals surface area (Å²) in [5.41, 5.74) is 4.98. The summed E-state index contributed by atoms with van der Waals surface area (Å²) in [6.45, 7) is 3.63. The first kappa shape index (κ1) is 15.0. The second-order valence-electron chi connectivity index (χ2n) is 5.29. The SMILES string of the molecule is CCCC(C)(N)C(=O)Nc1ccc2[nH]c(=O)c(=O)[nH]c2c1. The zero-order chi connectivity index (χ0) is 15.6. The number of hydrogen-bond donors (Lipinski definition) is 4. The fourth-order valence-corrected chi connectivity index (χ4v) is 2.10. The summed E-state index contributed by atoms with van der Waals surface area (Å²) in [4.78, 5) is 39.5. The lowest BCUT2D eigenvalue weighted by atomic mass is 9.96. The Bertz CT molecular complexity index is 789. The lowest BCUT2D eigenvalue weighted by Gasteiger charge is -2.22. The van der Waals surface area contributed by atoms with E-state index >= 15 is 0 Å². The number of nitrogens with two attached hydrogens (primary N) is 1. The van der Waals surface area contributed by atoms with Crippen molar-refractivity contribution < 1.29 is 4.79 Å². The molecule has 1 heterocycles. The first-order valence-electron chi connectivity index (χ1n) is 6.70. The molecule has 0 bridgehead atoms. The van der Waals surface area contributed by atoms with Gasteiger partial charge in [-0.15, -0.1) is 0 Å². The van der Waals surface area contributed by atoms with Crippen LogP contribution in [0.25, 0.3) is 11.0 Å². The molecular formula is C14H18N4O3. The highest BCUT2D eigenvalue weighted by atomic mass is 16.2. The quantitative estimate of drug-likeness (QED) is 0.618.